The van der Waals surface area contributed by atoms with Gasteiger partial charge in [0.25, 0.3) is 0 Å². The van der Waals surface area contributed by atoms with Crippen molar-refractivity contribution in [2.75, 3.05) is 11.3 Å². The lowest BCUT2D eigenvalue weighted by Gasteiger charge is -2.34. The molecule has 198 valence electrons. The summed E-state index contributed by atoms with van der Waals surface area (Å²) in [5, 5.41) is 14.1. The number of rotatable bonds is 6. The summed E-state index contributed by atoms with van der Waals surface area (Å²) in [5.74, 6) is 0.00387. The Kier molecular flexibility index (Phi) is 6.93. The second kappa shape index (κ2) is 10.0. The average Bonchev–Trinajstić information content (AvgIpc) is 3.39. The number of para-hydroxylation sites is 1. The minimum atomic E-state index is -5.59. The highest BCUT2D eigenvalue weighted by Gasteiger charge is 2.46. The van der Waals surface area contributed by atoms with Gasteiger partial charge in [-0.05, 0) is 17.7 Å². The topological polar surface area (TPSA) is 88.5 Å². The third kappa shape index (κ3) is 5.01. The fourth-order valence-corrected chi connectivity index (χ4v) is 5.96. The van der Waals surface area contributed by atoms with E-state index >= 15 is 0 Å². The van der Waals surface area contributed by atoms with Gasteiger partial charge in [-0.1, -0.05) is 67.6 Å². The van der Waals surface area contributed by atoms with Crippen LogP contribution in [-0.4, -0.2) is 30.6 Å². The maximum atomic E-state index is 12.9. The molecule has 0 bridgehead atoms. The molecule has 2 N–H and O–H groups in total. The van der Waals surface area contributed by atoms with E-state index in [9.17, 15) is 26.7 Å². The van der Waals surface area contributed by atoms with E-state index in [-0.39, 0.29) is 29.7 Å². The maximum absolute atomic E-state index is 12.9. The predicted molar refractivity (Wildman–Crippen MR) is 140 cm³/mol. The largest absolute Gasteiger partial charge is 0.516 e. The first kappa shape index (κ1) is 26.2. The Morgan fingerprint density at radius 3 is 2.50 bits per heavy atom. The molecule has 0 unspecified atom stereocenters. The number of fused-ring (bicyclic) bond motifs is 1. The zero-order valence-corrected chi connectivity index (χ0v) is 21.6. The summed E-state index contributed by atoms with van der Waals surface area (Å²) in [4.78, 5) is 4.77. The van der Waals surface area contributed by atoms with E-state index in [1.54, 1.807) is 29.0 Å². The van der Waals surface area contributed by atoms with Crippen molar-refractivity contribution in [1.82, 2.24) is 4.98 Å². The molecule has 1 aromatic heterocycles. The number of ether oxygens (including phenoxy) is 1. The van der Waals surface area contributed by atoms with Gasteiger partial charge in [0.1, 0.15) is 10.8 Å². The molecular weight excluding hydrogens is 537 g/mol. The number of hydrogen-bond acceptors (Lipinski definition) is 6. The minimum Gasteiger partial charge on any atom is -0.493 e. The molecule has 0 fully saturated rings. The predicted octanol–water partition coefficient (Wildman–Crippen LogP) is 6.58. The van der Waals surface area contributed by atoms with Gasteiger partial charge in [0.05, 0.1) is 24.1 Å². The van der Waals surface area contributed by atoms with Gasteiger partial charge in [-0.3, -0.25) is 4.72 Å². The van der Waals surface area contributed by atoms with Crippen molar-refractivity contribution in [3.05, 3.63) is 89.4 Å². The van der Waals surface area contributed by atoms with E-state index in [2.05, 4.69) is 0 Å². The number of nitrogens with one attached hydrogen (secondary N) is 1. The Labute approximate surface area is 221 Å². The van der Waals surface area contributed by atoms with Crippen LogP contribution in [0.15, 0.2) is 78.2 Å². The lowest BCUT2D eigenvalue weighted by atomic mass is 9.82. The van der Waals surface area contributed by atoms with Crippen LogP contribution in [0, 0.1) is 5.92 Å². The molecular formula is C27H23F3N2O4S2. The van der Waals surface area contributed by atoms with Crippen LogP contribution in [0.5, 0.6) is 5.75 Å². The van der Waals surface area contributed by atoms with Crippen LogP contribution >= 0.6 is 11.3 Å². The SMILES string of the molecule is C[C@H](c1csc(-c2ccccc2)n1)[C@@H]1COc2cc(-c3ccccc3NS(=O)(=O)C(F)(F)F)ccc2[C@H]1O. The molecule has 0 radical (unpaired) electrons. The number of anilines is 1. The van der Waals surface area contributed by atoms with Gasteiger partial charge in [0, 0.05) is 33.9 Å². The minimum absolute atomic E-state index is 0.107. The molecule has 3 atom stereocenters. The van der Waals surface area contributed by atoms with Crippen molar-refractivity contribution in [3.63, 3.8) is 0 Å². The average molecular weight is 561 g/mol. The number of thiazole rings is 1. The third-order valence-electron chi connectivity index (χ3n) is 6.61. The number of aliphatic hydroxyl groups excluding tert-OH is 1. The van der Waals surface area contributed by atoms with Gasteiger partial charge in [-0.2, -0.15) is 21.6 Å². The molecule has 0 saturated heterocycles. The molecule has 6 nitrogen and oxygen atoms in total. The summed E-state index contributed by atoms with van der Waals surface area (Å²) in [5.41, 5.74) is -2.56. The first-order chi connectivity index (χ1) is 18.0. The number of benzene rings is 3. The molecule has 2 heterocycles. The van der Waals surface area contributed by atoms with Gasteiger partial charge in [0.15, 0.2) is 0 Å². The van der Waals surface area contributed by atoms with E-state index in [1.165, 1.54) is 29.5 Å². The summed E-state index contributed by atoms with van der Waals surface area (Å²) in [6.07, 6.45) is -0.858. The number of sulfonamides is 1. The number of aliphatic hydroxyl groups is 1. The summed E-state index contributed by atoms with van der Waals surface area (Å²) < 4.78 is 69.8. The second-order valence-electron chi connectivity index (χ2n) is 9.00. The zero-order chi connectivity index (χ0) is 27.1. The molecule has 1 aliphatic heterocycles. The standard InChI is InChI=1S/C27H23F3N2O4S2/c1-16(23-15-37-26(31-23)17-7-3-2-4-8-17)21-14-36-24-13-18(11-12-20(24)25(21)33)19-9-5-6-10-22(19)32-38(34,35)27(28,29)30/h2-13,15-16,21,25,32-33H,14H2,1H3/t16-,21-,25+/m0/s1. The zero-order valence-electron chi connectivity index (χ0n) is 20.0. The van der Waals surface area contributed by atoms with Crippen LogP contribution in [0.3, 0.4) is 0 Å². The van der Waals surface area contributed by atoms with Crippen molar-refractivity contribution in [1.29, 1.82) is 0 Å². The van der Waals surface area contributed by atoms with Crippen LogP contribution in [0.25, 0.3) is 21.7 Å². The fraction of sp³-hybridized carbons (Fsp3) is 0.222. The molecule has 3 aromatic carbocycles. The molecule has 0 saturated carbocycles. The molecule has 38 heavy (non-hydrogen) atoms. The third-order valence-corrected chi connectivity index (χ3v) is 8.62. The van der Waals surface area contributed by atoms with Crippen LogP contribution in [0.4, 0.5) is 18.9 Å². The molecule has 1 aliphatic rings. The quantitative estimate of drug-likeness (QED) is 0.278. The number of hydrogen-bond donors (Lipinski definition) is 2. The van der Waals surface area contributed by atoms with Gasteiger partial charge >= 0.3 is 15.5 Å². The van der Waals surface area contributed by atoms with Gasteiger partial charge in [-0.25, -0.2) is 4.98 Å². The van der Waals surface area contributed by atoms with E-state index in [0.29, 0.717) is 16.9 Å². The Morgan fingerprint density at radius 1 is 1.05 bits per heavy atom. The highest BCUT2D eigenvalue weighted by atomic mass is 32.2. The van der Waals surface area contributed by atoms with Gasteiger partial charge in [0.2, 0.25) is 0 Å². The number of aromatic nitrogens is 1. The first-order valence-corrected chi connectivity index (χ1v) is 14.1. The number of halogens is 3. The maximum Gasteiger partial charge on any atom is 0.516 e. The molecule has 0 aliphatic carbocycles. The number of nitrogens with zero attached hydrogens (tertiary/aromatic N) is 1. The molecule has 0 amide bonds. The lowest BCUT2D eigenvalue weighted by molar-refractivity contribution is -0.0429. The van der Waals surface area contributed by atoms with Gasteiger partial charge < -0.3 is 9.84 Å². The highest BCUT2D eigenvalue weighted by molar-refractivity contribution is 7.93. The summed E-state index contributed by atoms with van der Waals surface area (Å²) in [6, 6.07) is 20.5. The van der Waals surface area contributed by atoms with Crippen LogP contribution in [-0.2, 0) is 10.0 Å². The molecule has 11 heteroatoms. The monoisotopic (exact) mass is 560 g/mol. The van der Waals surface area contributed by atoms with Crippen molar-refractivity contribution in [3.8, 4) is 27.4 Å². The van der Waals surface area contributed by atoms with Crippen molar-refractivity contribution in [2.45, 2.75) is 24.5 Å². The Morgan fingerprint density at radius 2 is 1.76 bits per heavy atom. The fourth-order valence-electron chi connectivity index (χ4n) is 4.45. The lowest BCUT2D eigenvalue weighted by Crippen LogP contribution is -2.30. The van der Waals surface area contributed by atoms with Crippen LogP contribution in [0.1, 0.15) is 30.2 Å². The van der Waals surface area contributed by atoms with E-state index in [4.69, 9.17) is 9.72 Å². The second-order valence-corrected chi connectivity index (χ2v) is 11.5. The van der Waals surface area contributed by atoms with E-state index < -0.39 is 21.6 Å². The van der Waals surface area contributed by atoms with Gasteiger partial charge in [-0.15, -0.1) is 11.3 Å². The Balaban J connectivity index is 1.39. The van der Waals surface area contributed by atoms with Crippen molar-refractivity contribution in [2.24, 2.45) is 5.92 Å². The molecule has 5 rings (SSSR count). The smallest absolute Gasteiger partial charge is 0.493 e. The normalized spacial score (nSPS) is 18.3. The first-order valence-electron chi connectivity index (χ1n) is 11.7. The molecule has 0 spiro atoms. The molecule has 4 aromatic rings. The number of alkyl halides is 3. The van der Waals surface area contributed by atoms with Crippen molar-refractivity contribution >= 4 is 27.0 Å². The van der Waals surface area contributed by atoms with Crippen LogP contribution < -0.4 is 9.46 Å². The Hall–Kier alpha value is -3.41. The summed E-state index contributed by atoms with van der Waals surface area (Å²) in [6.45, 7) is 2.20. The highest BCUT2D eigenvalue weighted by Crippen LogP contribution is 2.44. The van der Waals surface area contributed by atoms with Crippen molar-refractivity contribution < 1.29 is 31.4 Å². The Bertz CT molecular complexity index is 1560. The summed E-state index contributed by atoms with van der Waals surface area (Å²) in [7, 11) is -5.59. The van der Waals surface area contributed by atoms with E-state index in [0.717, 1.165) is 16.3 Å². The van der Waals surface area contributed by atoms with Crippen LogP contribution in [0.2, 0.25) is 0 Å². The van der Waals surface area contributed by atoms with E-state index in [1.807, 2.05) is 42.6 Å². The summed E-state index contributed by atoms with van der Waals surface area (Å²) >= 11 is 1.54.